The van der Waals surface area contributed by atoms with Crippen molar-refractivity contribution in [3.63, 3.8) is 0 Å². The summed E-state index contributed by atoms with van der Waals surface area (Å²) in [6, 6.07) is 9.18. The van der Waals surface area contributed by atoms with Crippen LogP contribution >= 0.6 is 0 Å². The van der Waals surface area contributed by atoms with E-state index in [1.807, 2.05) is 24.3 Å². The summed E-state index contributed by atoms with van der Waals surface area (Å²) in [6.45, 7) is 4.87. The van der Waals surface area contributed by atoms with Crippen LogP contribution in [0.5, 0.6) is 0 Å². The third-order valence-electron chi connectivity index (χ3n) is 5.08. The first-order chi connectivity index (χ1) is 13.8. The van der Waals surface area contributed by atoms with Gasteiger partial charge < -0.3 is 14.6 Å². The van der Waals surface area contributed by atoms with Crippen molar-refractivity contribution < 1.29 is 9.53 Å². The summed E-state index contributed by atoms with van der Waals surface area (Å²) in [4.78, 5) is 38.0. The predicted octanol–water partition coefficient (Wildman–Crippen LogP) is 2.06. The molecule has 0 aliphatic heterocycles. The second kappa shape index (κ2) is 8.08. The summed E-state index contributed by atoms with van der Waals surface area (Å²) < 4.78 is 9.22. The van der Waals surface area contributed by atoms with Crippen LogP contribution in [0, 0.1) is 0 Å². The van der Waals surface area contributed by atoms with E-state index in [-0.39, 0.29) is 5.91 Å². The number of aryl methyl sites for hydroxylation is 1. The van der Waals surface area contributed by atoms with Gasteiger partial charge in [0.05, 0.1) is 12.0 Å². The first-order valence-electron chi connectivity index (χ1n) is 9.45. The molecule has 0 atom stereocenters. The van der Waals surface area contributed by atoms with Crippen LogP contribution in [0.2, 0.25) is 0 Å². The number of nitrogens with one attached hydrogen (secondary N) is 1. The van der Waals surface area contributed by atoms with Gasteiger partial charge in [-0.25, -0.2) is 4.79 Å². The van der Waals surface area contributed by atoms with E-state index in [2.05, 4.69) is 19.2 Å². The summed E-state index contributed by atoms with van der Waals surface area (Å²) >= 11 is 0. The number of rotatable bonds is 6. The van der Waals surface area contributed by atoms with Crippen molar-refractivity contribution in [2.24, 2.45) is 14.1 Å². The van der Waals surface area contributed by atoms with E-state index in [0.29, 0.717) is 41.5 Å². The van der Waals surface area contributed by atoms with Gasteiger partial charge in [0.25, 0.3) is 11.5 Å². The number of methoxy groups -OCH3 is 1. The van der Waals surface area contributed by atoms with Gasteiger partial charge in [-0.05, 0) is 29.7 Å². The molecule has 2 heterocycles. The third kappa shape index (κ3) is 3.75. The van der Waals surface area contributed by atoms with Crippen LogP contribution in [0.25, 0.3) is 11.0 Å². The molecule has 29 heavy (non-hydrogen) atoms. The number of hydrogen-bond acceptors (Lipinski definition) is 4. The smallest absolute Gasteiger partial charge is 0.332 e. The minimum absolute atomic E-state index is 0.295. The normalized spacial score (nSPS) is 11.4. The van der Waals surface area contributed by atoms with E-state index < -0.39 is 11.2 Å². The van der Waals surface area contributed by atoms with E-state index in [1.165, 1.54) is 23.2 Å². The molecular weight excluding hydrogens is 372 g/mol. The highest BCUT2D eigenvalue weighted by Gasteiger charge is 2.21. The van der Waals surface area contributed by atoms with Crippen molar-refractivity contribution in [1.29, 1.82) is 0 Å². The molecule has 0 aliphatic carbocycles. The lowest BCUT2D eigenvalue weighted by Gasteiger charge is -2.13. The van der Waals surface area contributed by atoms with Gasteiger partial charge in [0, 0.05) is 33.4 Å². The molecule has 8 heteroatoms. The summed E-state index contributed by atoms with van der Waals surface area (Å²) in [5.74, 6) is 0.0398. The molecule has 0 fully saturated rings. The Hall–Kier alpha value is -3.13. The van der Waals surface area contributed by atoms with Crippen LogP contribution in [-0.2, 0) is 25.4 Å². The van der Waals surface area contributed by atoms with Gasteiger partial charge in [-0.2, -0.15) is 0 Å². The molecule has 0 saturated carbocycles. The molecule has 0 unspecified atom stereocenters. The molecule has 1 aromatic carbocycles. The van der Waals surface area contributed by atoms with Crippen LogP contribution < -0.4 is 16.6 Å². The van der Waals surface area contributed by atoms with Crippen LogP contribution in [0.3, 0.4) is 0 Å². The Morgan fingerprint density at radius 2 is 1.76 bits per heavy atom. The standard InChI is InChI=1S/C21H26N4O4/c1-13(2)14-6-8-15(9-7-14)22-18(26)17-12-16-19(25(17)10-11-29-5)23(3)21(28)24(4)20(16)27/h6-9,12-13H,10-11H2,1-5H3,(H,22,26). The number of nitrogens with zero attached hydrogens (tertiary/aromatic N) is 3. The Balaban J connectivity index is 2.08. The van der Waals surface area contributed by atoms with E-state index in [1.54, 1.807) is 18.7 Å². The highest BCUT2D eigenvalue weighted by atomic mass is 16.5. The van der Waals surface area contributed by atoms with Crippen molar-refractivity contribution in [2.75, 3.05) is 19.0 Å². The number of anilines is 1. The lowest BCUT2D eigenvalue weighted by molar-refractivity contribution is 0.101. The van der Waals surface area contributed by atoms with Gasteiger partial charge in [0.1, 0.15) is 11.3 Å². The number of carbonyl (C=O) groups is 1. The van der Waals surface area contributed by atoms with Crippen LogP contribution in [0.4, 0.5) is 5.69 Å². The molecule has 0 bridgehead atoms. The summed E-state index contributed by atoms with van der Waals surface area (Å²) in [6.07, 6.45) is 0. The number of ether oxygens (including phenoxy) is 1. The van der Waals surface area contributed by atoms with Gasteiger partial charge in [0.15, 0.2) is 0 Å². The van der Waals surface area contributed by atoms with Gasteiger partial charge >= 0.3 is 5.69 Å². The molecule has 154 valence electrons. The topological polar surface area (TPSA) is 87.3 Å². The number of fused-ring (bicyclic) bond motifs is 1. The van der Waals surface area contributed by atoms with Crippen LogP contribution in [0.1, 0.15) is 35.8 Å². The molecule has 1 amide bonds. The van der Waals surface area contributed by atoms with Crippen molar-refractivity contribution in [2.45, 2.75) is 26.3 Å². The Bertz CT molecular complexity index is 1170. The van der Waals surface area contributed by atoms with Crippen molar-refractivity contribution >= 4 is 22.6 Å². The number of hydrogen-bond donors (Lipinski definition) is 1. The van der Waals surface area contributed by atoms with Gasteiger partial charge in [-0.15, -0.1) is 0 Å². The highest BCUT2D eigenvalue weighted by Crippen LogP contribution is 2.20. The fraction of sp³-hybridized carbons (Fsp3) is 0.381. The Kier molecular flexibility index (Phi) is 5.74. The minimum Gasteiger partial charge on any atom is -0.383 e. The Morgan fingerprint density at radius 3 is 2.34 bits per heavy atom. The first kappa shape index (κ1) is 20.6. The Labute approximate surface area is 168 Å². The second-order valence-electron chi connectivity index (χ2n) is 7.35. The summed E-state index contributed by atoms with van der Waals surface area (Å²) in [7, 11) is 4.56. The quantitative estimate of drug-likeness (QED) is 0.689. The molecular formula is C21H26N4O4. The van der Waals surface area contributed by atoms with E-state index in [4.69, 9.17) is 4.74 Å². The average Bonchev–Trinajstić information content (AvgIpc) is 3.09. The maximum absolute atomic E-state index is 13.0. The highest BCUT2D eigenvalue weighted by molar-refractivity contribution is 6.06. The number of amides is 1. The SMILES string of the molecule is COCCn1c(C(=O)Nc2ccc(C(C)C)cc2)cc2c(=O)n(C)c(=O)n(C)c21. The molecule has 8 nitrogen and oxygen atoms in total. The molecule has 1 N–H and O–H groups in total. The van der Waals surface area contributed by atoms with E-state index in [9.17, 15) is 14.4 Å². The number of carbonyl (C=O) groups excluding carboxylic acids is 1. The second-order valence-corrected chi connectivity index (χ2v) is 7.35. The minimum atomic E-state index is -0.449. The Morgan fingerprint density at radius 1 is 1.10 bits per heavy atom. The zero-order chi connectivity index (χ0) is 21.3. The van der Waals surface area contributed by atoms with Crippen molar-refractivity contribution in [1.82, 2.24) is 13.7 Å². The van der Waals surface area contributed by atoms with Crippen molar-refractivity contribution in [3.05, 3.63) is 62.4 Å². The van der Waals surface area contributed by atoms with E-state index >= 15 is 0 Å². The fourth-order valence-corrected chi connectivity index (χ4v) is 3.38. The maximum atomic E-state index is 13.0. The monoisotopic (exact) mass is 398 g/mol. The third-order valence-corrected chi connectivity index (χ3v) is 5.08. The largest absolute Gasteiger partial charge is 0.383 e. The molecule has 0 saturated heterocycles. The summed E-state index contributed by atoms with van der Waals surface area (Å²) in [5.41, 5.74) is 1.64. The van der Waals surface area contributed by atoms with Gasteiger partial charge in [-0.3, -0.25) is 18.7 Å². The zero-order valence-corrected chi connectivity index (χ0v) is 17.4. The molecule has 0 spiro atoms. The molecule has 3 rings (SSSR count). The van der Waals surface area contributed by atoms with Crippen LogP contribution in [-0.4, -0.2) is 33.3 Å². The number of benzene rings is 1. The average molecular weight is 398 g/mol. The molecule has 2 aromatic heterocycles. The first-order valence-corrected chi connectivity index (χ1v) is 9.45. The zero-order valence-electron chi connectivity index (χ0n) is 17.4. The lowest BCUT2D eigenvalue weighted by atomic mass is 10.0. The molecule has 3 aromatic rings. The lowest BCUT2D eigenvalue weighted by Crippen LogP contribution is -2.37. The van der Waals surface area contributed by atoms with Gasteiger partial charge in [0.2, 0.25) is 0 Å². The van der Waals surface area contributed by atoms with E-state index in [0.717, 1.165) is 4.57 Å². The molecule has 0 radical (unpaired) electrons. The van der Waals surface area contributed by atoms with Crippen molar-refractivity contribution in [3.8, 4) is 0 Å². The predicted molar refractivity (Wildman–Crippen MR) is 113 cm³/mol. The van der Waals surface area contributed by atoms with Gasteiger partial charge in [-0.1, -0.05) is 26.0 Å². The fourth-order valence-electron chi connectivity index (χ4n) is 3.38. The van der Waals surface area contributed by atoms with Crippen LogP contribution in [0.15, 0.2) is 39.9 Å². The number of aromatic nitrogens is 3. The summed E-state index contributed by atoms with van der Waals surface area (Å²) in [5, 5.41) is 3.18. The molecule has 0 aliphatic rings. The maximum Gasteiger partial charge on any atom is 0.332 e.